The van der Waals surface area contributed by atoms with E-state index < -0.39 is 24.2 Å². The second kappa shape index (κ2) is 7.18. The Kier molecular flexibility index (Phi) is 4.91. The van der Waals surface area contributed by atoms with Crippen LogP contribution >= 0.6 is 23.2 Å². The van der Waals surface area contributed by atoms with Crippen molar-refractivity contribution in [2.45, 2.75) is 18.2 Å². The molecule has 3 aromatic rings. The van der Waals surface area contributed by atoms with Crippen molar-refractivity contribution in [2.75, 3.05) is 0 Å². The van der Waals surface area contributed by atoms with Crippen LogP contribution in [-0.4, -0.2) is 23.0 Å². The Labute approximate surface area is 178 Å². The van der Waals surface area contributed by atoms with Gasteiger partial charge in [-0.15, -0.1) is 0 Å². The predicted octanol–water partition coefficient (Wildman–Crippen LogP) is 6.43. The molecule has 0 bridgehead atoms. The molecule has 0 saturated heterocycles. The minimum absolute atomic E-state index is 0.0365. The van der Waals surface area contributed by atoms with Crippen LogP contribution in [0.25, 0.3) is 10.8 Å². The monoisotopic (exact) mass is 453 g/mol. The van der Waals surface area contributed by atoms with Gasteiger partial charge in [0.25, 0.3) is 5.60 Å². The zero-order valence-electron chi connectivity index (χ0n) is 15.0. The van der Waals surface area contributed by atoms with E-state index in [9.17, 15) is 23.1 Å². The first-order valence-electron chi connectivity index (χ1n) is 8.66. The van der Waals surface area contributed by atoms with Gasteiger partial charge in [0.05, 0.1) is 11.3 Å². The Morgan fingerprint density at radius 2 is 1.67 bits per heavy atom. The smallest absolute Gasteiger partial charge is 0.435 e. The van der Waals surface area contributed by atoms with Crippen LogP contribution in [0.2, 0.25) is 10.0 Å². The van der Waals surface area contributed by atoms with Crippen molar-refractivity contribution < 1.29 is 27.9 Å². The van der Waals surface area contributed by atoms with Gasteiger partial charge in [-0.3, -0.25) is 0 Å². The molecular weight excluding hydrogens is 442 g/mol. The third-order valence-electron chi connectivity index (χ3n) is 4.98. The highest BCUT2D eigenvalue weighted by molar-refractivity contribution is 6.34. The number of oxime groups is 1. The van der Waals surface area contributed by atoms with Gasteiger partial charge in [0.2, 0.25) is 0 Å². The lowest BCUT2D eigenvalue weighted by Crippen LogP contribution is -2.42. The van der Waals surface area contributed by atoms with Gasteiger partial charge >= 0.3 is 12.1 Å². The van der Waals surface area contributed by atoms with E-state index in [0.717, 1.165) is 12.1 Å². The van der Waals surface area contributed by atoms with Crippen molar-refractivity contribution in [3.63, 3.8) is 0 Å². The molecule has 0 radical (unpaired) electrons. The molecule has 1 heterocycles. The molecule has 4 nitrogen and oxygen atoms in total. The first kappa shape index (κ1) is 20.5. The zero-order valence-corrected chi connectivity index (χ0v) is 16.5. The van der Waals surface area contributed by atoms with Crippen molar-refractivity contribution in [3.8, 4) is 0 Å². The molecule has 0 aromatic heterocycles. The van der Waals surface area contributed by atoms with Crippen molar-refractivity contribution in [3.05, 3.63) is 81.3 Å². The number of nitrogens with zero attached hydrogens (tertiary/aromatic N) is 1. The second-order valence-electron chi connectivity index (χ2n) is 6.80. The fraction of sp³-hybridized carbons (Fsp3) is 0.143. The molecular formula is C21H12Cl2F3NO3. The minimum atomic E-state index is -4.82. The minimum Gasteiger partial charge on any atom is -0.478 e. The number of carboxylic acids is 1. The average Bonchev–Trinajstić information content (AvgIpc) is 3.13. The lowest BCUT2D eigenvalue weighted by atomic mass is 9.85. The highest BCUT2D eigenvalue weighted by atomic mass is 35.5. The molecule has 0 saturated carbocycles. The number of fused-ring (bicyclic) bond motifs is 1. The molecule has 1 atom stereocenters. The van der Waals surface area contributed by atoms with Gasteiger partial charge in [-0.25, -0.2) is 4.79 Å². The van der Waals surface area contributed by atoms with E-state index in [1.807, 2.05) is 0 Å². The normalized spacial score (nSPS) is 18.9. The van der Waals surface area contributed by atoms with Gasteiger partial charge in [-0.1, -0.05) is 58.7 Å². The quantitative estimate of drug-likeness (QED) is 0.497. The van der Waals surface area contributed by atoms with E-state index in [-0.39, 0.29) is 26.9 Å². The van der Waals surface area contributed by atoms with Crippen LogP contribution < -0.4 is 0 Å². The molecule has 1 aliphatic heterocycles. The SMILES string of the molecule is O=C(O)c1cccc2c(C3=NOC(c4cc(Cl)cc(Cl)c4)(C(F)(F)F)C3)cccc12. The van der Waals surface area contributed by atoms with E-state index in [1.165, 1.54) is 18.2 Å². The number of rotatable bonds is 3. The van der Waals surface area contributed by atoms with Crippen LogP contribution in [0, 0.1) is 0 Å². The van der Waals surface area contributed by atoms with Crippen LogP contribution in [0.4, 0.5) is 13.2 Å². The molecule has 1 N–H and O–H groups in total. The molecule has 30 heavy (non-hydrogen) atoms. The van der Waals surface area contributed by atoms with Crippen molar-refractivity contribution in [1.82, 2.24) is 0 Å². The lowest BCUT2D eigenvalue weighted by Gasteiger charge is -2.29. The molecule has 0 fully saturated rings. The third-order valence-corrected chi connectivity index (χ3v) is 5.41. The van der Waals surface area contributed by atoms with Crippen LogP contribution in [0.5, 0.6) is 0 Å². The lowest BCUT2D eigenvalue weighted by molar-refractivity contribution is -0.275. The van der Waals surface area contributed by atoms with Crippen LogP contribution in [0.3, 0.4) is 0 Å². The second-order valence-corrected chi connectivity index (χ2v) is 7.67. The zero-order chi connectivity index (χ0) is 21.7. The van der Waals surface area contributed by atoms with Crippen LogP contribution in [0.15, 0.2) is 59.8 Å². The fourth-order valence-corrected chi connectivity index (χ4v) is 4.11. The topological polar surface area (TPSA) is 58.9 Å². The number of aromatic carboxylic acids is 1. The van der Waals surface area contributed by atoms with Gasteiger partial charge < -0.3 is 9.94 Å². The summed E-state index contributed by atoms with van der Waals surface area (Å²) in [5, 5.41) is 14.1. The van der Waals surface area contributed by atoms with Gasteiger partial charge in [0.1, 0.15) is 0 Å². The summed E-state index contributed by atoms with van der Waals surface area (Å²) in [6.07, 6.45) is -5.44. The summed E-state index contributed by atoms with van der Waals surface area (Å²) in [4.78, 5) is 16.5. The van der Waals surface area contributed by atoms with Crippen LogP contribution in [-0.2, 0) is 10.4 Å². The maximum absolute atomic E-state index is 14.2. The van der Waals surface area contributed by atoms with Gasteiger partial charge in [-0.2, -0.15) is 13.2 Å². The Morgan fingerprint density at radius 3 is 2.30 bits per heavy atom. The molecule has 1 unspecified atom stereocenters. The summed E-state index contributed by atoms with van der Waals surface area (Å²) < 4.78 is 42.5. The fourth-order valence-electron chi connectivity index (χ4n) is 3.58. The van der Waals surface area contributed by atoms with E-state index in [0.29, 0.717) is 16.3 Å². The number of carbonyl (C=O) groups is 1. The summed E-state index contributed by atoms with van der Waals surface area (Å²) in [5.41, 5.74) is -2.59. The van der Waals surface area contributed by atoms with Crippen molar-refractivity contribution in [2.24, 2.45) is 5.16 Å². The number of carboxylic acid groups (broad SMARTS) is 1. The first-order chi connectivity index (χ1) is 14.1. The summed E-state index contributed by atoms with van der Waals surface area (Å²) in [6, 6.07) is 12.9. The van der Waals surface area contributed by atoms with Gasteiger partial charge in [-0.05, 0) is 35.0 Å². The predicted molar refractivity (Wildman–Crippen MR) is 107 cm³/mol. The molecule has 4 rings (SSSR count). The number of halogens is 5. The number of alkyl halides is 3. The Hall–Kier alpha value is -2.77. The third kappa shape index (κ3) is 3.28. The highest BCUT2D eigenvalue weighted by Crippen LogP contribution is 2.50. The maximum Gasteiger partial charge on any atom is 0.435 e. The molecule has 0 amide bonds. The molecule has 154 valence electrons. The van der Waals surface area contributed by atoms with Crippen LogP contribution in [0.1, 0.15) is 27.9 Å². The molecule has 3 aromatic carbocycles. The van der Waals surface area contributed by atoms with Gasteiger partial charge in [0.15, 0.2) is 0 Å². The highest BCUT2D eigenvalue weighted by Gasteiger charge is 2.62. The molecule has 0 spiro atoms. The standard InChI is InChI=1S/C21H12Cl2F3NO3/c22-12-7-11(8-13(23)9-12)20(21(24,25)26)10-18(27-30-20)16-5-1-4-15-14(16)3-2-6-17(15)19(28)29/h1-9H,10H2,(H,28,29). The first-order valence-corrected chi connectivity index (χ1v) is 9.42. The molecule has 1 aliphatic rings. The summed E-state index contributed by atoms with van der Waals surface area (Å²) in [6.45, 7) is 0. The maximum atomic E-state index is 14.2. The number of benzene rings is 3. The summed E-state index contributed by atoms with van der Waals surface area (Å²) in [5.74, 6) is -1.14. The average molecular weight is 454 g/mol. The number of hydrogen-bond donors (Lipinski definition) is 1. The Bertz CT molecular complexity index is 1190. The van der Waals surface area contributed by atoms with E-state index in [1.54, 1.807) is 24.3 Å². The van der Waals surface area contributed by atoms with E-state index in [2.05, 4.69) is 5.16 Å². The van der Waals surface area contributed by atoms with Gasteiger partial charge in [0, 0.05) is 27.6 Å². The summed E-state index contributed by atoms with van der Waals surface area (Å²) >= 11 is 11.8. The Morgan fingerprint density at radius 1 is 1.03 bits per heavy atom. The molecule has 0 aliphatic carbocycles. The Balaban J connectivity index is 1.84. The van der Waals surface area contributed by atoms with Crippen molar-refractivity contribution in [1.29, 1.82) is 0 Å². The largest absolute Gasteiger partial charge is 0.478 e. The van der Waals surface area contributed by atoms with E-state index >= 15 is 0 Å². The summed E-state index contributed by atoms with van der Waals surface area (Å²) in [7, 11) is 0. The number of hydrogen-bond acceptors (Lipinski definition) is 3. The molecule has 9 heteroatoms. The van der Waals surface area contributed by atoms with Crippen molar-refractivity contribution >= 4 is 45.7 Å². The van der Waals surface area contributed by atoms with E-state index in [4.69, 9.17) is 28.0 Å².